The number of imidazole rings is 1. The van der Waals surface area contributed by atoms with Gasteiger partial charge in [-0.2, -0.15) is 8.78 Å². The van der Waals surface area contributed by atoms with Crippen molar-refractivity contribution in [3.8, 4) is 16.9 Å². The maximum atomic E-state index is 13.8. The number of fused-ring (bicyclic) bond motifs is 9. The van der Waals surface area contributed by atoms with Crippen LogP contribution in [0.25, 0.3) is 22.2 Å². The second-order valence-electron chi connectivity index (χ2n) is 11.5. The molecule has 0 spiro atoms. The van der Waals surface area contributed by atoms with Gasteiger partial charge in [0.05, 0.1) is 28.7 Å². The summed E-state index contributed by atoms with van der Waals surface area (Å²) in [5, 5.41) is 20.9. The molecule has 0 unspecified atom stereocenters. The normalized spacial score (nSPS) is 18.7. The van der Waals surface area contributed by atoms with Crippen LogP contribution in [0.5, 0.6) is 5.75 Å². The summed E-state index contributed by atoms with van der Waals surface area (Å²) in [4.78, 5) is 28.9. The quantitative estimate of drug-likeness (QED) is 0.362. The standard InChI is InChI=1S/C29H29F2N5O4/c1-28(2,38)14-35-21-11-20(23-17(25(35)37)6-5-7-22(23)40-27(30)31)36-19-10-15(8-9-18(19)34-24(21)36)16-12-32-26(33-13-16)29(3,4)39/h5-10,12-13,20-21,27,38-39H,11,14H2,1-4H3/t20-,21-/m1/s1. The number of nitrogens with zero attached hydrogens (tertiary/aromatic N) is 5. The molecule has 2 bridgehead atoms. The number of carbonyl (C=O) groups excluding carboxylic acids is 1. The van der Waals surface area contributed by atoms with Crippen molar-refractivity contribution in [3.05, 3.63) is 71.6 Å². The van der Waals surface area contributed by atoms with Crippen LogP contribution in [0.4, 0.5) is 8.78 Å². The SMILES string of the molecule is CC(C)(O)CN1C(=O)c2cccc(OC(F)F)c2[C@H]2C[C@@H]1c1nc3ccc(-c4cnc(C(C)(C)O)nc4)cc3n12. The number of β-amino-alcohol motifs (C(OH)–C–C–N with tert-alkyl or cyclic N) is 1. The average molecular weight is 550 g/mol. The van der Waals surface area contributed by atoms with Gasteiger partial charge in [0, 0.05) is 42.0 Å². The van der Waals surface area contributed by atoms with Gasteiger partial charge in [-0.1, -0.05) is 12.1 Å². The highest BCUT2D eigenvalue weighted by Gasteiger charge is 2.47. The number of alkyl halides is 2. The largest absolute Gasteiger partial charge is 0.434 e. The Labute approximate surface area is 229 Å². The third kappa shape index (κ3) is 4.39. The molecule has 2 aromatic carbocycles. The van der Waals surface area contributed by atoms with Gasteiger partial charge in [0.15, 0.2) is 5.82 Å². The molecule has 2 aromatic heterocycles. The average Bonchev–Trinajstić information content (AvgIpc) is 3.39. The Morgan fingerprint density at radius 1 is 1.05 bits per heavy atom. The first-order valence-corrected chi connectivity index (χ1v) is 13.0. The van der Waals surface area contributed by atoms with Crippen LogP contribution in [0.15, 0.2) is 48.8 Å². The third-order valence-electron chi connectivity index (χ3n) is 7.35. The molecule has 0 aliphatic carbocycles. The van der Waals surface area contributed by atoms with E-state index in [-0.39, 0.29) is 23.8 Å². The van der Waals surface area contributed by atoms with E-state index in [1.807, 2.05) is 22.8 Å². The van der Waals surface area contributed by atoms with Crippen molar-refractivity contribution in [3.63, 3.8) is 0 Å². The van der Waals surface area contributed by atoms with Crippen molar-refractivity contribution in [1.29, 1.82) is 0 Å². The number of aliphatic hydroxyl groups is 2. The number of aromatic nitrogens is 4. The molecule has 0 fully saturated rings. The van der Waals surface area contributed by atoms with E-state index in [0.717, 1.165) is 16.6 Å². The molecule has 0 saturated carbocycles. The van der Waals surface area contributed by atoms with Crippen molar-refractivity contribution in [1.82, 2.24) is 24.4 Å². The first-order valence-electron chi connectivity index (χ1n) is 13.0. The van der Waals surface area contributed by atoms with Gasteiger partial charge in [-0.15, -0.1) is 0 Å². The maximum absolute atomic E-state index is 13.8. The van der Waals surface area contributed by atoms with Crippen molar-refractivity contribution >= 4 is 16.9 Å². The summed E-state index contributed by atoms with van der Waals surface area (Å²) in [5.41, 5.74) is 1.21. The summed E-state index contributed by atoms with van der Waals surface area (Å²) in [5.74, 6) is 0.483. The van der Waals surface area contributed by atoms with Crippen LogP contribution >= 0.6 is 0 Å². The summed E-state index contributed by atoms with van der Waals surface area (Å²) < 4.78 is 33.8. The van der Waals surface area contributed by atoms with E-state index in [1.165, 1.54) is 12.1 Å². The Kier molecular flexibility index (Phi) is 5.93. The first-order chi connectivity index (χ1) is 18.8. The number of rotatable bonds is 6. The smallest absolute Gasteiger partial charge is 0.387 e. The van der Waals surface area contributed by atoms with Crippen LogP contribution in [0, 0.1) is 0 Å². The Hall–Kier alpha value is -3.96. The summed E-state index contributed by atoms with van der Waals surface area (Å²) in [7, 11) is 0. The highest BCUT2D eigenvalue weighted by Crippen LogP contribution is 2.51. The number of ether oxygens (including phenoxy) is 1. The van der Waals surface area contributed by atoms with Crippen LogP contribution in [0.2, 0.25) is 0 Å². The molecule has 2 atom stereocenters. The summed E-state index contributed by atoms with van der Waals surface area (Å²) in [6.45, 7) is 3.43. The highest BCUT2D eigenvalue weighted by atomic mass is 19.3. The first kappa shape index (κ1) is 26.3. The third-order valence-corrected chi connectivity index (χ3v) is 7.35. The molecule has 40 heavy (non-hydrogen) atoms. The number of benzene rings is 2. The monoisotopic (exact) mass is 549 g/mol. The molecular formula is C29H29F2N5O4. The minimum atomic E-state index is -3.06. The van der Waals surface area contributed by atoms with Gasteiger partial charge in [-0.25, -0.2) is 15.0 Å². The second-order valence-corrected chi connectivity index (χ2v) is 11.5. The van der Waals surface area contributed by atoms with E-state index >= 15 is 0 Å². The Balaban J connectivity index is 1.54. The Morgan fingerprint density at radius 3 is 2.42 bits per heavy atom. The lowest BCUT2D eigenvalue weighted by atomic mass is 9.97. The zero-order chi connectivity index (χ0) is 28.6. The van der Waals surface area contributed by atoms with E-state index in [2.05, 4.69) is 9.97 Å². The van der Waals surface area contributed by atoms with Crippen molar-refractivity contribution in [2.75, 3.05) is 6.54 Å². The van der Waals surface area contributed by atoms with Crippen molar-refractivity contribution in [2.45, 2.75) is 64.0 Å². The van der Waals surface area contributed by atoms with Gasteiger partial charge in [-0.3, -0.25) is 4.79 Å². The molecule has 4 aromatic rings. The fourth-order valence-corrected chi connectivity index (χ4v) is 5.75. The fourth-order valence-electron chi connectivity index (χ4n) is 5.75. The lowest BCUT2D eigenvalue weighted by Crippen LogP contribution is -2.43. The van der Waals surface area contributed by atoms with Gasteiger partial charge < -0.3 is 24.4 Å². The minimum Gasteiger partial charge on any atom is -0.434 e. The van der Waals surface area contributed by atoms with Crippen LogP contribution in [0.3, 0.4) is 0 Å². The zero-order valence-electron chi connectivity index (χ0n) is 22.5. The molecule has 9 nitrogen and oxygen atoms in total. The second kappa shape index (κ2) is 9.03. The number of carbonyl (C=O) groups is 1. The summed E-state index contributed by atoms with van der Waals surface area (Å²) in [6, 6.07) is 9.27. The van der Waals surface area contributed by atoms with Gasteiger partial charge >= 0.3 is 6.61 Å². The molecule has 0 radical (unpaired) electrons. The summed E-state index contributed by atoms with van der Waals surface area (Å²) >= 11 is 0. The molecule has 0 saturated heterocycles. The van der Waals surface area contributed by atoms with Gasteiger partial charge in [0.2, 0.25) is 0 Å². The van der Waals surface area contributed by atoms with Crippen LogP contribution in [-0.4, -0.2) is 59.3 Å². The van der Waals surface area contributed by atoms with E-state index in [0.29, 0.717) is 29.1 Å². The van der Waals surface area contributed by atoms with Gasteiger partial charge in [0.1, 0.15) is 17.2 Å². The van der Waals surface area contributed by atoms with Crippen LogP contribution in [-0.2, 0) is 5.60 Å². The number of hydrogen-bond donors (Lipinski definition) is 2. The molecule has 4 heterocycles. The molecule has 11 heteroatoms. The molecule has 2 aliphatic heterocycles. The van der Waals surface area contributed by atoms with E-state index in [1.54, 1.807) is 51.1 Å². The lowest BCUT2D eigenvalue weighted by Gasteiger charge is -2.33. The highest BCUT2D eigenvalue weighted by molar-refractivity contribution is 5.98. The van der Waals surface area contributed by atoms with Crippen molar-refractivity contribution < 1.29 is 28.5 Å². The number of hydrogen-bond acceptors (Lipinski definition) is 7. The summed E-state index contributed by atoms with van der Waals surface area (Å²) in [6.07, 6.45) is 3.67. The van der Waals surface area contributed by atoms with Crippen LogP contribution in [0.1, 0.15) is 73.8 Å². The fraction of sp³-hybridized carbons (Fsp3) is 0.379. The molecule has 208 valence electrons. The number of halogens is 2. The van der Waals surface area contributed by atoms with E-state index < -0.39 is 29.9 Å². The van der Waals surface area contributed by atoms with Gasteiger partial charge in [0.25, 0.3) is 5.91 Å². The topological polar surface area (TPSA) is 114 Å². The predicted octanol–water partition coefficient (Wildman–Crippen LogP) is 4.58. The van der Waals surface area contributed by atoms with E-state index in [4.69, 9.17) is 9.72 Å². The van der Waals surface area contributed by atoms with Gasteiger partial charge in [-0.05, 0) is 57.5 Å². The molecule has 2 N–H and O–H groups in total. The Morgan fingerprint density at radius 2 is 1.77 bits per heavy atom. The Bertz CT molecular complexity index is 1620. The van der Waals surface area contributed by atoms with E-state index in [9.17, 15) is 23.8 Å². The molecule has 1 amide bonds. The zero-order valence-corrected chi connectivity index (χ0v) is 22.5. The number of amides is 1. The molecule has 2 aliphatic rings. The molecule has 6 rings (SSSR count). The van der Waals surface area contributed by atoms with Crippen molar-refractivity contribution in [2.24, 2.45) is 0 Å². The predicted molar refractivity (Wildman–Crippen MR) is 142 cm³/mol. The van der Waals surface area contributed by atoms with Crippen LogP contribution < -0.4 is 4.74 Å². The molecular weight excluding hydrogens is 520 g/mol. The minimum absolute atomic E-state index is 0.0297. The maximum Gasteiger partial charge on any atom is 0.387 e. The lowest BCUT2D eigenvalue weighted by molar-refractivity contribution is -0.0507.